The summed E-state index contributed by atoms with van der Waals surface area (Å²) >= 11 is 0. The molecule has 19 heavy (non-hydrogen) atoms. The van der Waals surface area contributed by atoms with Crippen LogP contribution in [0.2, 0.25) is 0 Å². The van der Waals surface area contributed by atoms with Crippen LogP contribution in [0.25, 0.3) is 0 Å². The van der Waals surface area contributed by atoms with Crippen molar-refractivity contribution in [2.45, 2.75) is 24.9 Å². The molecule has 0 spiro atoms. The minimum Gasteiger partial charge on any atom is -0.465 e. The van der Waals surface area contributed by atoms with Gasteiger partial charge in [-0.3, -0.25) is 0 Å². The Hall–Kier alpha value is -1.75. The van der Waals surface area contributed by atoms with Gasteiger partial charge in [-0.15, -0.1) is 0 Å². The largest absolute Gasteiger partial charge is 0.465 e. The molecule has 1 aliphatic rings. The number of nitrogens with one attached hydrogen (secondary N) is 1. The highest BCUT2D eigenvalue weighted by Gasteiger charge is 2.36. The van der Waals surface area contributed by atoms with Gasteiger partial charge in [0.05, 0.1) is 29.6 Å². The molecule has 1 saturated carbocycles. The van der Waals surface area contributed by atoms with Crippen molar-refractivity contribution in [3.8, 4) is 0 Å². The van der Waals surface area contributed by atoms with Gasteiger partial charge in [0, 0.05) is 13.7 Å². The van der Waals surface area contributed by atoms with E-state index >= 15 is 0 Å². The molecule has 104 valence electrons. The number of hydrogen-bond donors (Lipinski definition) is 2. The number of benzene rings is 1. The van der Waals surface area contributed by atoms with Crippen molar-refractivity contribution in [1.82, 2.24) is 0 Å². The molecule has 0 unspecified atom stereocenters. The fourth-order valence-electron chi connectivity index (χ4n) is 2.29. The zero-order valence-corrected chi connectivity index (χ0v) is 11.4. The molecule has 1 aliphatic carbocycles. The fourth-order valence-corrected chi connectivity index (χ4v) is 2.29. The lowest BCUT2D eigenvalue weighted by atomic mass is 9.80. The first-order valence-electron chi connectivity index (χ1n) is 6.38. The summed E-state index contributed by atoms with van der Waals surface area (Å²) in [6, 6.07) is 5.29. The van der Waals surface area contributed by atoms with Crippen LogP contribution in [-0.4, -0.2) is 32.3 Å². The predicted molar refractivity (Wildman–Crippen MR) is 74.3 cm³/mol. The van der Waals surface area contributed by atoms with Crippen molar-refractivity contribution in [3.63, 3.8) is 0 Å². The average Bonchev–Trinajstić information content (AvgIpc) is 2.39. The van der Waals surface area contributed by atoms with E-state index in [9.17, 15) is 4.79 Å². The first kappa shape index (κ1) is 13.7. The Bertz CT molecular complexity index is 464. The summed E-state index contributed by atoms with van der Waals surface area (Å²) < 4.78 is 10.2. The number of esters is 1. The highest BCUT2D eigenvalue weighted by Crippen LogP contribution is 2.35. The molecule has 0 aromatic heterocycles. The molecule has 2 rings (SSSR count). The van der Waals surface area contributed by atoms with Crippen LogP contribution in [0.15, 0.2) is 18.2 Å². The second-order valence-electron chi connectivity index (χ2n) is 4.85. The van der Waals surface area contributed by atoms with Gasteiger partial charge >= 0.3 is 5.97 Å². The fraction of sp³-hybridized carbons (Fsp3) is 0.500. The number of nitrogen functional groups attached to an aromatic ring is 1. The molecule has 0 saturated heterocycles. The van der Waals surface area contributed by atoms with Crippen LogP contribution in [0.1, 0.15) is 29.6 Å². The molecule has 0 radical (unpaired) electrons. The Labute approximate surface area is 113 Å². The van der Waals surface area contributed by atoms with Crippen LogP contribution in [0, 0.1) is 0 Å². The lowest BCUT2D eigenvalue weighted by Gasteiger charge is -2.40. The number of rotatable bonds is 5. The van der Waals surface area contributed by atoms with Crippen LogP contribution >= 0.6 is 0 Å². The maximum atomic E-state index is 11.6. The standard InChI is InChI=1S/C14H20N2O3/c1-18-13(17)10-5-3-6-11(12(10)15)16-9-14(19-2)7-4-8-14/h3,5-6,16H,4,7-9,15H2,1-2H3. The molecular weight excluding hydrogens is 244 g/mol. The average molecular weight is 264 g/mol. The molecule has 3 N–H and O–H groups in total. The van der Waals surface area contributed by atoms with Gasteiger partial charge in [0.25, 0.3) is 0 Å². The monoisotopic (exact) mass is 264 g/mol. The Kier molecular flexibility index (Phi) is 3.95. The Morgan fingerprint density at radius 2 is 2.16 bits per heavy atom. The molecule has 0 bridgehead atoms. The van der Waals surface area contributed by atoms with Crippen molar-refractivity contribution in [2.75, 3.05) is 31.8 Å². The molecule has 1 aromatic carbocycles. The van der Waals surface area contributed by atoms with Gasteiger partial charge in [-0.05, 0) is 31.4 Å². The molecule has 0 atom stereocenters. The van der Waals surface area contributed by atoms with Crippen molar-refractivity contribution in [1.29, 1.82) is 0 Å². The molecule has 5 heteroatoms. The van der Waals surface area contributed by atoms with Crippen LogP contribution in [0.3, 0.4) is 0 Å². The van der Waals surface area contributed by atoms with Crippen LogP contribution in [-0.2, 0) is 9.47 Å². The number of hydrogen-bond acceptors (Lipinski definition) is 5. The van der Waals surface area contributed by atoms with Gasteiger partial charge in [-0.1, -0.05) is 6.07 Å². The minimum absolute atomic E-state index is 0.0896. The quantitative estimate of drug-likeness (QED) is 0.629. The molecule has 1 fully saturated rings. The zero-order valence-electron chi connectivity index (χ0n) is 11.4. The highest BCUT2D eigenvalue weighted by atomic mass is 16.5. The van der Waals surface area contributed by atoms with E-state index in [1.165, 1.54) is 13.5 Å². The summed E-state index contributed by atoms with van der Waals surface area (Å²) in [6.45, 7) is 0.693. The molecular formula is C14H20N2O3. The number of para-hydroxylation sites is 1. The molecule has 5 nitrogen and oxygen atoms in total. The van der Waals surface area contributed by atoms with Crippen molar-refractivity contribution in [2.24, 2.45) is 0 Å². The van der Waals surface area contributed by atoms with Crippen LogP contribution in [0.5, 0.6) is 0 Å². The second-order valence-corrected chi connectivity index (χ2v) is 4.85. The van der Waals surface area contributed by atoms with Crippen LogP contribution in [0.4, 0.5) is 11.4 Å². The van der Waals surface area contributed by atoms with Crippen molar-refractivity contribution >= 4 is 17.3 Å². The van der Waals surface area contributed by atoms with E-state index in [0.29, 0.717) is 17.8 Å². The molecule has 0 amide bonds. The number of carbonyl (C=O) groups is 1. The van der Waals surface area contributed by atoms with Crippen molar-refractivity contribution in [3.05, 3.63) is 23.8 Å². The third-order valence-corrected chi connectivity index (χ3v) is 3.81. The maximum absolute atomic E-state index is 11.6. The molecule has 0 aliphatic heterocycles. The van der Waals surface area contributed by atoms with Gasteiger partial charge < -0.3 is 20.5 Å². The van der Waals surface area contributed by atoms with Gasteiger partial charge in [0.15, 0.2) is 0 Å². The number of methoxy groups -OCH3 is 2. The second kappa shape index (κ2) is 5.48. The number of anilines is 2. The summed E-state index contributed by atoms with van der Waals surface area (Å²) in [7, 11) is 3.07. The Morgan fingerprint density at radius 3 is 2.68 bits per heavy atom. The highest BCUT2D eigenvalue weighted by molar-refractivity contribution is 5.98. The topological polar surface area (TPSA) is 73.6 Å². The van der Waals surface area contributed by atoms with E-state index in [1.807, 2.05) is 6.07 Å². The van der Waals surface area contributed by atoms with E-state index in [0.717, 1.165) is 18.5 Å². The van der Waals surface area contributed by atoms with Gasteiger partial charge in [-0.25, -0.2) is 4.79 Å². The maximum Gasteiger partial charge on any atom is 0.340 e. The van der Waals surface area contributed by atoms with Gasteiger partial charge in [0.2, 0.25) is 0 Å². The first-order chi connectivity index (χ1) is 9.12. The SMILES string of the molecule is COC(=O)c1cccc(NCC2(OC)CCC2)c1N. The van der Waals surface area contributed by atoms with Crippen molar-refractivity contribution < 1.29 is 14.3 Å². The Morgan fingerprint density at radius 1 is 1.42 bits per heavy atom. The third-order valence-electron chi connectivity index (χ3n) is 3.81. The summed E-state index contributed by atoms with van der Waals surface area (Å²) in [6.07, 6.45) is 3.29. The van der Waals surface area contributed by atoms with Gasteiger partial charge in [-0.2, -0.15) is 0 Å². The van der Waals surface area contributed by atoms with Crippen LogP contribution < -0.4 is 11.1 Å². The summed E-state index contributed by atoms with van der Waals surface area (Å²) in [5.74, 6) is -0.425. The van der Waals surface area contributed by atoms with Gasteiger partial charge in [0.1, 0.15) is 0 Å². The first-order valence-corrected chi connectivity index (χ1v) is 6.38. The smallest absolute Gasteiger partial charge is 0.340 e. The van der Waals surface area contributed by atoms with E-state index in [-0.39, 0.29) is 5.60 Å². The summed E-state index contributed by atoms with van der Waals surface area (Å²) in [5.41, 5.74) is 7.44. The normalized spacial score (nSPS) is 16.5. The number of nitrogens with two attached hydrogens (primary N) is 1. The minimum atomic E-state index is -0.425. The Balaban J connectivity index is 2.10. The molecule has 0 heterocycles. The summed E-state index contributed by atoms with van der Waals surface area (Å²) in [5, 5.41) is 3.27. The third kappa shape index (κ3) is 2.66. The molecule has 1 aromatic rings. The zero-order chi connectivity index (χ0) is 13.9. The number of ether oxygens (including phenoxy) is 2. The number of carbonyl (C=O) groups excluding carboxylic acids is 1. The lowest BCUT2D eigenvalue weighted by molar-refractivity contribution is -0.0601. The predicted octanol–water partition coefficient (Wildman–Crippen LogP) is 2.04. The van der Waals surface area contributed by atoms with E-state index in [1.54, 1.807) is 19.2 Å². The van der Waals surface area contributed by atoms with E-state index in [4.69, 9.17) is 15.2 Å². The lowest BCUT2D eigenvalue weighted by Crippen LogP contribution is -2.45. The van der Waals surface area contributed by atoms with E-state index < -0.39 is 5.97 Å². The van der Waals surface area contributed by atoms with E-state index in [2.05, 4.69) is 5.32 Å². The summed E-state index contributed by atoms with van der Waals surface area (Å²) in [4.78, 5) is 11.6.